The quantitative estimate of drug-likeness (QED) is 0.344. The molecule has 1 saturated heterocycles. The second kappa shape index (κ2) is 10.9. The third-order valence-electron chi connectivity index (χ3n) is 4.46. The molecule has 2 atom stereocenters. The number of carbonyl (C=O) groups is 5. The van der Waals surface area contributed by atoms with Crippen LogP contribution in [0.3, 0.4) is 0 Å². The maximum atomic E-state index is 12.1. The topological polar surface area (TPSA) is 169 Å². The summed E-state index contributed by atoms with van der Waals surface area (Å²) in [5, 5.41) is 13.4. The van der Waals surface area contributed by atoms with Crippen LogP contribution in [-0.2, 0) is 23.9 Å². The molecule has 164 valence electrons. The summed E-state index contributed by atoms with van der Waals surface area (Å²) >= 11 is 0. The number of rotatable bonds is 9. The van der Waals surface area contributed by atoms with E-state index in [1.165, 1.54) is 13.2 Å². The Labute approximate surface area is 172 Å². The number of ether oxygens (including phenoxy) is 1. The molecule has 12 heteroatoms. The fourth-order valence-corrected chi connectivity index (χ4v) is 2.91. The van der Waals surface area contributed by atoms with Gasteiger partial charge >= 0.3 is 5.97 Å². The molecule has 1 aliphatic heterocycles. The van der Waals surface area contributed by atoms with Crippen LogP contribution in [0.1, 0.15) is 35.5 Å². The van der Waals surface area contributed by atoms with Gasteiger partial charge in [-0.05, 0) is 26.2 Å². The average molecular weight is 423 g/mol. The molecule has 1 fully saturated rings. The molecule has 12 nitrogen and oxygen atoms in total. The zero-order chi connectivity index (χ0) is 22.1. The predicted molar refractivity (Wildman–Crippen MR) is 101 cm³/mol. The Balaban J connectivity index is 1.77. The van der Waals surface area contributed by atoms with Gasteiger partial charge in [-0.2, -0.15) is 0 Å². The van der Waals surface area contributed by atoms with E-state index in [2.05, 4.69) is 26.4 Å². The second-order valence-corrected chi connectivity index (χ2v) is 6.79. The minimum absolute atomic E-state index is 0.0331. The lowest BCUT2D eigenvalue weighted by molar-refractivity contribution is -0.146. The summed E-state index contributed by atoms with van der Waals surface area (Å²) in [5.74, 6) is -2.64. The monoisotopic (exact) mass is 423 g/mol. The van der Waals surface area contributed by atoms with E-state index in [9.17, 15) is 24.0 Å². The number of piperidine rings is 1. The molecular weight excluding hydrogens is 398 g/mol. The Bertz CT molecular complexity index is 807. The summed E-state index contributed by atoms with van der Waals surface area (Å²) in [6.45, 7) is 1.42. The molecule has 2 rings (SSSR count). The Morgan fingerprint density at radius 1 is 1.27 bits per heavy atom. The number of aryl methyl sites for hydroxylation is 1. The molecule has 0 radical (unpaired) electrons. The van der Waals surface area contributed by atoms with Crippen LogP contribution < -0.4 is 21.3 Å². The number of esters is 1. The van der Waals surface area contributed by atoms with E-state index in [1.807, 2.05) is 0 Å². The lowest BCUT2D eigenvalue weighted by atomic mass is 9.91. The van der Waals surface area contributed by atoms with Crippen molar-refractivity contribution < 1.29 is 33.2 Å². The van der Waals surface area contributed by atoms with Gasteiger partial charge in [0.1, 0.15) is 11.8 Å². The third kappa shape index (κ3) is 6.87. The smallest absolute Gasteiger partial charge is 0.328 e. The second-order valence-electron chi connectivity index (χ2n) is 6.79. The van der Waals surface area contributed by atoms with E-state index >= 15 is 0 Å². The Morgan fingerprint density at radius 2 is 2.00 bits per heavy atom. The molecule has 1 aromatic heterocycles. The third-order valence-corrected chi connectivity index (χ3v) is 4.46. The van der Waals surface area contributed by atoms with Crippen LogP contribution in [0.4, 0.5) is 0 Å². The molecule has 0 unspecified atom stereocenters. The van der Waals surface area contributed by atoms with Crippen molar-refractivity contribution in [1.82, 2.24) is 26.4 Å². The van der Waals surface area contributed by atoms with E-state index in [-0.39, 0.29) is 24.6 Å². The van der Waals surface area contributed by atoms with Crippen LogP contribution in [0.15, 0.2) is 10.6 Å². The van der Waals surface area contributed by atoms with Crippen molar-refractivity contribution in [3.05, 3.63) is 17.5 Å². The number of nitrogens with zero attached hydrogens (tertiary/aromatic N) is 1. The van der Waals surface area contributed by atoms with E-state index in [4.69, 9.17) is 9.26 Å². The molecular formula is C18H25N5O7. The highest BCUT2D eigenvalue weighted by molar-refractivity contribution is 5.95. The van der Waals surface area contributed by atoms with Gasteiger partial charge in [0.15, 0.2) is 5.69 Å². The molecule has 4 N–H and O–H groups in total. The number of carbonyl (C=O) groups excluding carboxylic acids is 5. The molecule has 30 heavy (non-hydrogen) atoms. The van der Waals surface area contributed by atoms with Gasteiger partial charge in [-0.1, -0.05) is 5.16 Å². The van der Waals surface area contributed by atoms with Crippen molar-refractivity contribution in [2.75, 3.05) is 26.7 Å². The number of methoxy groups -OCH3 is 1. The largest absolute Gasteiger partial charge is 0.467 e. The molecule has 0 bridgehead atoms. The van der Waals surface area contributed by atoms with Crippen LogP contribution in [0.2, 0.25) is 0 Å². The van der Waals surface area contributed by atoms with Crippen LogP contribution in [0.25, 0.3) is 0 Å². The van der Waals surface area contributed by atoms with E-state index in [1.54, 1.807) is 6.92 Å². The van der Waals surface area contributed by atoms with Gasteiger partial charge in [0, 0.05) is 18.5 Å². The minimum Gasteiger partial charge on any atom is -0.467 e. The molecule has 0 aliphatic carbocycles. The van der Waals surface area contributed by atoms with Crippen molar-refractivity contribution in [1.29, 1.82) is 0 Å². The van der Waals surface area contributed by atoms with Gasteiger partial charge in [-0.25, -0.2) is 4.79 Å². The van der Waals surface area contributed by atoms with Crippen LogP contribution in [0, 0.1) is 12.8 Å². The highest BCUT2D eigenvalue weighted by Gasteiger charge is 2.30. The van der Waals surface area contributed by atoms with E-state index in [0.717, 1.165) is 6.42 Å². The zero-order valence-electron chi connectivity index (χ0n) is 16.8. The molecule has 0 spiro atoms. The summed E-state index contributed by atoms with van der Waals surface area (Å²) in [4.78, 5) is 59.6. The van der Waals surface area contributed by atoms with Gasteiger partial charge in [0.25, 0.3) is 5.91 Å². The molecule has 2 heterocycles. The first kappa shape index (κ1) is 22.8. The van der Waals surface area contributed by atoms with Crippen LogP contribution in [-0.4, -0.2) is 67.5 Å². The normalized spacial score (nSPS) is 16.7. The molecule has 0 saturated carbocycles. The summed E-state index contributed by atoms with van der Waals surface area (Å²) in [6.07, 6.45) is 1.50. The highest BCUT2D eigenvalue weighted by atomic mass is 16.5. The van der Waals surface area contributed by atoms with Crippen molar-refractivity contribution in [3.63, 3.8) is 0 Å². The first-order valence-electron chi connectivity index (χ1n) is 9.43. The van der Waals surface area contributed by atoms with Gasteiger partial charge in [-0.15, -0.1) is 0 Å². The summed E-state index contributed by atoms with van der Waals surface area (Å²) < 4.78 is 9.46. The lowest BCUT2D eigenvalue weighted by Gasteiger charge is -2.25. The van der Waals surface area contributed by atoms with Crippen molar-refractivity contribution in [3.8, 4) is 0 Å². The van der Waals surface area contributed by atoms with Crippen molar-refractivity contribution in [2.45, 2.75) is 32.2 Å². The van der Waals surface area contributed by atoms with Gasteiger partial charge in [0.2, 0.25) is 17.7 Å². The first-order valence-corrected chi connectivity index (χ1v) is 9.43. The van der Waals surface area contributed by atoms with Crippen LogP contribution >= 0.6 is 0 Å². The fourth-order valence-electron chi connectivity index (χ4n) is 2.91. The molecule has 0 aromatic carbocycles. The standard InChI is InChI=1S/C18H25N5O7/c1-10-6-12(23-30-10)17(27)21-8-14(24)20-9-15(25)22-13(18(28)29-2)7-11-4-3-5-19-16(11)26/h6,11,13H,3-5,7-9H2,1-2H3,(H,19,26)(H,20,24)(H,21,27)(H,22,25)/t11-,13-/m0/s1. The number of hydrogen-bond acceptors (Lipinski definition) is 8. The van der Waals surface area contributed by atoms with Gasteiger partial charge in [-0.3, -0.25) is 19.2 Å². The SMILES string of the molecule is COC(=O)[C@H](C[C@@H]1CCCNC1=O)NC(=O)CNC(=O)CNC(=O)c1cc(C)on1. The summed E-state index contributed by atoms with van der Waals surface area (Å²) in [7, 11) is 1.18. The number of nitrogens with one attached hydrogen (secondary N) is 4. The summed E-state index contributed by atoms with van der Waals surface area (Å²) in [5.41, 5.74) is 0.0331. The Kier molecular flexibility index (Phi) is 8.32. The predicted octanol–water partition coefficient (Wildman–Crippen LogP) is -1.60. The van der Waals surface area contributed by atoms with Gasteiger partial charge < -0.3 is 30.5 Å². The van der Waals surface area contributed by atoms with Crippen molar-refractivity contribution in [2.24, 2.45) is 5.92 Å². The fraction of sp³-hybridized carbons (Fsp3) is 0.556. The molecule has 4 amide bonds. The summed E-state index contributed by atoms with van der Waals surface area (Å²) in [6, 6.07) is 0.406. The Morgan fingerprint density at radius 3 is 2.63 bits per heavy atom. The maximum absolute atomic E-state index is 12.1. The number of aromatic nitrogens is 1. The average Bonchev–Trinajstić information content (AvgIpc) is 3.17. The van der Waals surface area contributed by atoms with Crippen LogP contribution in [0.5, 0.6) is 0 Å². The number of amides is 4. The van der Waals surface area contributed by atoms with Crippen molar-refractivity contribution >= 4 is 29.6 Å². The highest BCUT2D eigenvalue weighted by Crippen LogP contribution is 2.18. The minimum atomic E-state index is -1.01. The zero-order valence-corrected chi connectivity index (χ0v) is 16.8. The van der Waals surface area contributed by atoms with Gasteiger partial charge in [0.05, 0.1) is 20.2 Å². The molecule has 1 aromatic rings. The number of hydrogen-bond donors (Lipinski definition) is 4. The lowest BCUT2D eigenvalue weighted by Crippen LogP contribution is -2.49. The van der Waals surface area contributed by atoms with E-state index < -0.39 is 42.2 Å². The first-order chi connectivity index (χ1) is 14.3. The molecule has 1 aliphatic rings. The Hall–Kier alpha value is -3.44. The van der Waals surface area contributed by atoms with E-state index in [0.29, 0.717) is 18.7 Å². The maximum Gasteiger partial charge on any atom is 0.328 e.